The second-order valence-electron chi connectivity index (χ2n) is 13.4. The van der Waals surface area contributed by atoms with Crippen molar-refractivity contribution >= 4 is 26.8 Å². The number of rotatable bonds is 11. The Labute approximate surface area is 245 Å². The topological polar surface area (TPSA) is 89.5 Å². The van der Waals surface area contributed by atoms with Gasteiger partial charge in [-0.05, 0) is 41.8 Å². The third-order valence-corrected chi connectivity index (χ3v) is 18.2. The Hall–Kier alpha value is -0.846. The number of methoxy groups -OCH3 is 1. The maximum absolute atomic E-state index is 13.1. The van der Waals surface area contributed by atoms with E-state index in [4.69, 9.17) is 23.1 Å². The minimum absolute atomic E-state index is 0.0687. The van der Waals surface area contributed by atoms with Gasteiger partial charge in [0.2, 0.25) is 0 Å². The van der Waals surface area contributed by atoms with Crippen molar-refractivity contribution in [2.24, 2.45) is 0 Å². The number of hydrogen-bond donors (Lipinski definition) is 0. The van der Waals surface area contributed by atoms with Gasteiger partial charge in [-0.3, -0.25) is 4.18 Å². The fourth-order valence-corrected chi connectivity index (χ4v) is 6.72. The average Bonchev–Trinajstić information content (AvgIpc) is 2.81. The highest BCUT2D eigenvalue weighted by molar-refractivity contribution is 7.87. The Morgan fingerprint density at radius 1 is 0.829 bits per heavy atom. The molecule has 1 aliphatic heterocycles. The van der Waals surface area contributed by atoms with Gasteiger partial charge in [0.15, 0.2) is 22.9 Å². The monoisotopic (exact) mass is 644 g/mol. The third-order valence-electron chi connectivity index (χ3n) is 8.25. The quantitative estimate of drug-likeness (QED) is 0.152. The van der Waals surface area contributed by atoms with Crippen molar-refractivity contribution < 1.29 is 48.8 Å². The van der Waals surface area contributed by atoms with Gasteiger partial charge >= 0.3 is 15.6 Å². The summed E-state index contributed by atoms with van der Waals surface area (Å²) < 4.78 is 99.3. The molecular weight excluding hydrogens is 598 g/mol. The zero-order valence-corrected chi connectivity index (χ0v) is 28.8. The van der Waals surface area contributed by atoms with Crippen LogP contribution in [0.2, 0.25) is 36.3 Å². The van der Waals surface area contributed by atoms with Crippen LogP contribution in [0.15, 0.2) is 30.3 Å². The molecule has 0 unspecified atom stereocenters. The van der Waals surface area contributed by atoms with Crippen molar-refractivity contribution in [1.29, 1.82) is 0 Å². The Balaban J connectivity index is 2.62. The number of halogens is 3. The summed E-state index contributed by atoms with van der Waals surface area (Å²) in [4.78, 5) is 0. The molecule has 0 amide bonds. The summed E-state index contributed by atoms with van der Waals surface area (Å²) >= 11 is 0. The lowest BCUT2D eigenvalue weighted by Gasteiger charge is -2.52. The van der Waals surface area contributed by atoms with Crippen LogP contribution in [0.25, 0.3) is 0 Å². The van der Waals surface area contributed by atoms with Crippen LogP contribution in [0.1, 0.15) is 47.1 Å². The van der Waals surface area contributed by atoms with Crippen molar-refractivity contribution in [3.05, 3.63) is 35.9 Å². The maximum Gasteiger partial charge on any atom is 0.523 e. The van der Waals surface area contributed by atoms with E-state index in [9.17, 15) is 21.6 Å². The lowest BCUT2D eigenvalue weighted by molar-refractivity contribution is -0.295. The zero-order valence-electron chi connectivity index (χ0n) is 26.0. The van der Waals surface area contributed by atoms with Crippen LogP contribution < -0.4 is 0 Å². The number of alkyl halides is 3. The molecule has 1 aromatic rings. The SMILES string of the molecule is CO[C@H]1O[C@H](COS(=O)(=O)C(F)(F)F)[C@@H](OCc2ccccc2)[C@H](O[Si](C)(C)C(C)(C)C)[C@H]1O[Si](C)(C)C(C)(C)C. The van der Waals surface area contributed by atoms with Crippen molar-refractivity contribution in [1.82, 2.24) is 0 Å². The maximum atomic E-state index is 13.1. The number of hydrogen-bond acceptors (Lipinski definition) is 8. The molecule has 0 bridgehead atoms. The normalized spacial score (nSPS) is 25.4. The number of benzene rings is 1. The second kappa shape index (κ2) is 13.0. The van der Waals surface area contributed by atoms with Crippen molar-refractivity contribution in [3.8, 4) is 0 Å². The second-order valence-corrected chi connectivity index (χ2v) is 24.5. The molecule has 0 aromatic heterocycles. The average molecular weight is 645 g/mol. The highest BCUT2D eigenvalue weighted by Crippen LogP contribution is 2.44. The smallest absolute Gasteiger partial charge is 0.408 e. The first kappa shape index (κ1) is 36.3. The van der Waals surface area contributed by atoms with E-state index in [-0.39, 0.29) is 16.7 Å². The van der Waals surface area contributed by atoms with Gasteiger partial charge in [-0.1, -0.05) is 71.9 Å². The first-order chi connectivity index (χ1) is 18.4. The molecule has 1 saturated heterocycles. The van der Waals surface area contributed by atoms with Crippen LogP contribution >= 0.6 is 0 Å². The van der Waals surface area contributed by atoms with Crippen molar-refractivity contribution in [2.75, 3.05) is 13.7 Å². The van der Waals surface area contributed by atoms with Crippen LogP contribution in [0.3, 0.4) is 0 Å². The lowest BCUT2D eigenvalue weighted by Crippen LogP contribution is -2.66. The predicted octanol–water partition coefficient (Wildman–Crippen LogP) is 6.59. The largest absolute Gasteiger partial charge is 0.523 e. The molecule has 8 nitrogen and oxygen atoms in total. The fraction of sp³-hybridized carbons (Fsp3) is 0.778. The summed E-state index contributed by atoms with van der Waals surface area (Å²) in [6, 6.07) is 9.20. The summed E-state index contributed by atoms with van der Waals surface area (Å²) in [7, 11) is -9.53. The molecule has 238 valence electrons. The predicted molar refractivity (Wildman–Crippen MR) is 156 cm³/mol. The molecule has 1 aliphatic rings. The highest BCUT2D eigenvalue weighted by atomic mass is 32.2. The first-order valence-electron chi connectivity index (χ1n) is 13.6. The van der Waals surface area contributed by atoms with Gasteiger partial charge in [0.25, 0.3) is 0 Å². The first-order valence-corrected chi connectivity index (χ1v) is 20.8. The zero-order chi connectivity index (χ0) is 31.7. The molecular formula is C27H47F3O8SSi2. The molecule has 0 N–H and O–H groups in total. The molecule has 0 spiro atoms. The Morgan fingerprint density at radius 2 is 1.32 bits per heavy atom. The van der Waals surface area contributed by atoms with Gasteiger partial charge in [-0.15, -0.1) is 0 Å². The minimum atomic E-state index is -5.88. The van der Waals surface area contributed by atoms with E-state index in [0.29, 0.717) is 0 Å². The Morgan fingerprint density at radius 3 is 1.76 bits per heavy atom. The fourth-order valence-electron chi connectivity index (χ4n) is 3.69. The number of ether oxygens (including phenoxy) is 3. The standard InChI is InChI=1S/C27H47F3O8SSi2/c1-25(2,3)40(8,9)37-22-21(34-17-19-15-13-12-14-16-19)20(18-35-39(31,32)27(28,29)30)36-24(33-7)23(22)38-41(10,11)26(4,5)6/h12-16,20-24H,17-18H2,1-11H3/t20-,21-,22+,23-,24+/m1/s1. The van der Waals surface area contributed by atoms with Crippen LogP contribution in [-0.2, 0) is 44.0 Å². The van der Waals surface area contributed by atoms with E-state index in [1.54, 1.807) is 0 Å². The summed E-state index contributed by atoms with van der Waals surface area (Å²) in [6.07, 6.45) is -5.10. The van der Waals surface area contributed by atoms with Crippen LogP contribution in [0.4, 0.5) is 13.2 Å². The molecule has 1 aromatic carbocycles. The molecule has 1 heterocycles. The van der Waals surface area contributed by atoms with Crippen LogP contribution in [-0.4, -0.2) is 75.0 Å². The Kier molecular flexibility index (Phi) is 11.5. The third kappa shape index (κ3) is 9.08. The van der Waals surface area contributed by atoms with Gasteiger partial charge in [-0.2, -0.15) is 21.6 Å². The molecule has 0 radical (unpaired) electrons. The van der Waals surface area contributed by atoms with Gasteiger partial charge in [0, 0.05) is 7.11 Å². The van der Waals surface area contributed by atoms with Crippen LogP contribution in [0.5, 0.6) is 0 Å². The molecule has 0 aliphatic carbocycles. The highest BCUT2D eigenvalue weighted by Gasteiger charge is 2.56. The summed E-state index contributed by atoms with van der Waals surface area (Å²) in [5.41, 5.74) is -4.79. The van der Waals surface area contributed by atoms with E-state index in [1.807, 2.05) is 43.4 Å². The van der Waals surface area contributed by atoms with E-state index in [0.717, 1.165) is 5.56 Å². The van der Waals surface area contributed by atoms with E-state index >= 15 is 0 Å². The van der Waals surface area contributed by atoms with Crippen molar-refractivity contribution in [3.63, 3.8) is 0 Å². The van der Waals surface area contributed by atoms with E-state index in [1.165, 1.54) is 7.11 Å². The van der Waals surface area contributed by atoms with Gasteiger partial charge < -0.3 is 23.1 Å². The molecule has 14 heteroatoms. The molecule has 1 fully saturated rings. The molecule has 2 rings (SSSR count). The van der Waals surface area contributed by atoms with Gasteiger partial charge in [-0.25, -0.2) is 0 Å². The van der Waals surface area contributed by atoms with Crippen LogP contribution in [0, 0.1) is 0 Å². The molecule has 41 heavy (non-hydrogen) atoms. The Bertz CT molecular complexity index is 1090. The van der Waals surface area contributed by atoms with Gasteiger partial charge in [0.1, 0.15) is 24.4 Å². The summed E-state index contributed by atoms with van der Waals surface area (Å²) in [5, 5.41) is -0.445. The molecule has 5 atom stereocenters. The minimum Gasteiger partial charge on any atom is -0.408 e. The van der Waals surface area contributed by atoms with E-state index in [2.05, 4.69) is 58.8 Å². The van der Waals surface area contributed by atoms with Crippen molar-refractivity contribution in [2.45, 2.75) is 121 Å². The molecule has 0 saturated carbocycles. The summed E-state index contributed by atoms with van der Waals surface area (Å²) in [5.74, 6) is 0. The summed E-state index contributed by atoms with van der Waals surface area (Å²) in [6.45, 7) is 19.8. The van der Waals surface area contributed by atoms with E-state index < -0.39 is 69.6 Å². The lowest BCUT2D eigenvalue weighted by atomic mass is 9.99. The van der Waals surface area contributed by atoms with Gasteiger partial charge in [0.05, 0.1) is 13.2 Å².